The van der Waals surface area contributed by atoms with Crippen LogP contribution in [0, 0.1) is 0 Å². The zero-order valence-corrected chi connectivity index (χ0v) is 6.56. The molecule has 0 aliphatic rings. The molecule has 8 N–H and O–H groups in total. The number of rotatable bonds is 1. The number of aliphatic hydroxyl groups is 1. The van der Waals surface area contributed by atoms with Gasteiger partial charge in [0, 0.05) is 17.4 Å². The predicted octanol–water partition coefficient (Wildman–Crippen LogP) is -3.02. The third-order valence-corrected chi connectivity index (χ3v) is 0.357. The van der Waals surface area contributed by atoms with Crippen molar-refractivity contribution in [2.45, 2.75) is 13.0 Å². The Morgan fingerprint density at radius 3 is 1.40 bits per heavy atom. The number of aliphatic carboxylic acids is 1. The smallest absolute Gasteiger partial charge is 0.332 e. The van der Waals surface area contributed by atoms with E-state index in [1.165, 1.54) is 6.92 Å². The Balaban J connectivity index is -0.0000000208. The van der Waals surface area contributed by atoms with Gasteiger partial charge in [-0.05, 0) is 6.92 Å². The van der Waals surface area contributed by atoms with Gasteiger partial charge in [-0.2, -0.15) is 0 Å². The molecule has 0 aliphatic carbocycles. The predicted molar refractivity (Wildman–Crippen MR) is 30.2 cm³/mol. The van der Waals surface area contributed by atoms with Crippen LogP contribution in [-0.4, -0.2) is 38.7 Å². The SMILES string of the molecule is CC(O)C(=O)O.O.O.O.[Cr]. The van der Waals surface area contributed by atoms with E-state index in [0.29, 0.717) is 0 Å². The number of hydrogen-bond donors (Lipinski definition) is 2. The minimum Gasteiger partial charge on any atom is -0.479 e. The van der Waals surface area contributed by atoms with Gasteiger partial charge < -0.3 is 26.6 Å². The molecule has 0 amide bonds. The molecule has 1 unspecified atom stereocenters. The van der Waals surface area contributed by atoms with E-state index in [1.807, 2.05) is 0 Å². The zero-order valence-electron chi connectivity index (χ0n) is 5.29. The zero-order chi connectivity index (χ0) is 5.15. The molecule has 0 aliphatic heterocycles. The van der Waals surface area contributed by atoms with Gasteiger partial charge in [0.05, 0.1) is 0 Å². The molecule has 0 aromatic heterocycles. The Morgan fingerprint density at radius 1 is 1.30 bits per heavy atom. The fraction of sp³-hybridized carbons (Fsp3) is 0.667. The van der Waals surface area contributed by atoms with Crippen molar-refractivity contribution in [1.29, 1.82) is 0 Å². The van der Waals surface area contributed by atoms with Crippen LogP contribution >= 0.6 is 0 Å². The maximum Gasteiger partial charge on any atom is 0.332 e. The van der Waals surface area contributed by atoms with Crippen molar-refractivity contribution in [1.82, 2.24) is 0 Å². The Bertz CT molecular complexity index is 64.0. The first-order chi connectivity index (χ1) is 2.64. The molecule has 0 radical (unpaired) electrons. The van der Waals surface area contributed by atoms with Crippen LogP contribution in [0.1, 0.15) is 6.92 Å². The van der Waals surface area contributed by atoms with Gasteiger partial charge in [0.15, 0.2) is 0 Å². The average molecular weight is 196 g/mol. The number of carbonyl (C=O) groups is 1. The van der Waals surface area contributed by atoms with Gasteiger partial charge in [0.2, 0.25) is 0 Å². The van der Waals surface area contributed by atoms with Crippen molar-refractivity contribution >= 4 is 5.97 Å². The molecule has 0 fully saturated rings. The van der Waals surface area contributed by atoms with Crippen LogP contribution < -0.4 is 0 Å². The molecule has 6 nitrogen and oxygen atoms in total. The summed E-state index contributed by atoms with van der Waals surface area (Å²) in [4.78, 5) is 9.45. The quantitative estimate of drug-likeness (QED) is 0.458. The molecule has 66 valence electrons. The van der Waals surface area contributed by atoms with E-state index >= 15 is 0 Å². The van der Waals surface area contributed by atoms with Crippen molar-refractivity contribution in [2.24, 2.45) is 0 Å². The monoisotopic (exact) mass is 196 g/mol. The number of carboxylic acid groups (broad SMARTS) is 1. The molecule has 1 atom stereocenters. The second-order valence-corrected chi connectivity index (χ2v) is 1.01. The fourth-order valence-electron chi connectivity index (χ4n) is 0. The Morgan fingerprint density at radius 2 is 1.40 bits per heavy atom. The van der Waals surface area contributed by atoms with Crippen molar-refractivity contribution in [3.05, 3.63) is 0 Å². The molecule has 0 bridgehead atoms. The van der Waals surface area contributed by atoms with Crippen LogP contribution in [0.5, 0.6) is 0 Å². The summed E-state index contributed by atoms with van der Waals surface area (Å²) in [5.41, 5.74) is 0. The van der Waals surface area contributed by atoms with Crippen molar-refractivity contribution in [2.75, 3.05) is 0 Å². The summed E-state index contributed by atoms with van der Waals surface area (Å²) in [5.74, 6) is -1.19. The minimum atomic E-state index is -1.23. The van der Waals surface area contributed by atoms with Gasteiger partial charge in [0.25, 0.3) is 0 Å². The van der Waals surface area contributed by atoms with E-state index in [2.05, 4.69) is 0 Å². The summed E-state index contributed by atoms with van der Waals surface area (Å²) < 4.78 is 0. The van der Waals surface area contributed by atoms with Crippen molar-refractivity contribution in [3.63, 3.8) is 0 Å². The summed E-state index contributed by atoms with van der Waals surface area (Å²) in [6.07, 6.45) is -1.23. The molecule has 0 rings (SSSR count). The molecular formula is C3H12CrO6. The van der Waals surface area contributed by atoms with Gasteiger partial charge in [-0.3, -0.25) is 0 Å². The molecule has 10 heavy (non-hydrogen) atoms. The Hall–Kier alpha value is -0.158. The first-order valence-electron chi connectivity index (χ1n) is 1.55. The summed E-state index contributed by atoms with van der Waals surface area (Å²) >= 11 is 0. The van der Waals surface area contributed by atoms with E-state index in [0.717, 1.165) is 0 Å². The average Bonchev–Trinajstić information content (AvgIpc) is 1.36. The molecule has 0 spiro atoms. The van der Waals surface area contributed by atoms with Crippen LogP contribution in [-0.2, 0) is 22.2 Å². The van der Waals surface area contributed by atoms with Crippen LogP contribution in [0.3, 0.4) is 0 Å². The first-order valence-corrected chi connectivity index (χ1v) is 1.55. The van der Waals surface area contributed by atoms with Crippen LogP contribution in [0.25, 0.3) is 0 Å². The molecule has 0 saturated carbocycles. The van der Waals surface area contributed by atoms with E-state index in [9.17, 15) is 4.79 Å². The van der Waals surface area contributed by atoms with E-state index in [1.54, 1.807) is 0 Å². The van der Waals surface area contributed by atoms with Gasteiger partial charge in [-0.15, -0.1) is 0 Å². The third-order valence-electron chi connectivity index (χ3n) is 0.357. The summed E-state index contributed by atoms with van der Waals surface area (Å²) in [7, 11) is 0. The molecule has 7 heteroatoms. The summed E-state index contributed by atoms with van der Waals surface area (Å²) in [6, 6.07) is 0. The summed E-state index contributed by atoms with van der Waals surface area (Å²) in [6.45, 7) is 1.20. The number of aliphatic hydroxyl groups excluding tert-OH is 1. The maximum absolute atomic E-state index is 9.45. The van der Waals surface area contributed by atoms with Crippen molar-refractivity contribution < 1.29 is 48.8 Å². The standard InChI is InChI=1S/C3H6O3.Cr.3H2O/c1-2(4)3(5)6;;;;/h2,4H,1H3,(H,5,6);;3*1H2. The van der Waals surface area contributed by atoms with Gasteiger partial charge >= 0.3 is 5.97 Å². The van der Waals surface area contributed by atoms with Gasteiger partial charge in [-0.25, -0.2) is 4.79 Å². The summed E-state index contributed by atoms with van der Waals surface area (Å²) in [5, 5.41) is 15.8. The Kier molecular flexibility index (Phi) is 52.3. The van der Waals surface area contributed by atoms with Crippen LogP contribution in [0.2, 0.25) is 0 Å². The number of hydrogen-bond acceptors (Lipinski definition) is 2. The molecule has 0 aromatic rings. The van der Waals surface area contributed by atoms with E-state index in [4.69, 9.17) is 10.2 Å². The van der Waals surface area contributed by atoms with Crippen LogP contribution in [0.15, 0.2) is 0 Å². The minimum absolute atomic E-state index is 0. The molecule has 0 heterocycles. The normalized spacial score (nSPS) is 8.20. The second-order valence-electron chi connectivity index (χ2n) is 1.01. The van der Waals surface area contributed by atoms with Gasteiger partial charge in [0.1, 0.15) is 6.10 Å². The first kappa shape index (κ1) is 32.8. The topological polar surface area (TPSA) is 152 Å². The largest absolute Gasteiger partial charge is 0.479 e. The molecule has 0 saturated heterocycles. The number of carboxylic acids is 1. The fourth-order valence-corrected chi connectivity index (χ4v) is 0. The van der Waals surface area contributed by atoms with E-state index < -0.39 is 12.1 Å². The van der Waals surface area contributed by atoms with E-state index in [-0.39, 0.29) is 33.8 Å². The second kappa shape index (κ2) is 15.9. The van der Waals surface area contributed by atoms with Crippen molar-refractivity contribution in [3.8, 4) is 0 Å². The van der Waals surface area contributed by atoms with Crippen LogP contribution in [0.4, 0.5) is 0 Å². The van der Waals surface area contributed by atoms with Gasteiger partial charge in [-0.1, -0.05) is 0 Å². The molecular weight excluding hydrogens is 184 g/mol. The maximum atomic E-state index is 9.45. The Labute approximate surface area is 68.5 Å². The third kappa shape index (κ3) is 24.9. The molecule has 0 aromatic carbocycles.